The van der Waals surface area contributed by atoms with Gasteiger partial charge >= 0.3 is 12.1 Å². The van der Waals surface area contributed by atoms with E-state index in [0.717, 1.165) is 25.8 Å². The van der Waals surface area contributed by atoms with Gasteiger partial charge in [0, 0.05) is 43.7 Å². The fraction of sp³-hybridized carbons (Fsp3) is 0.692. The van der Waals surface area contributed by atoms with Crippen LogP contribution in [0.2, 0.25) is 5.02 Å². The topological polar surface area (TPSA) is 103 Å². The first kappa shape index (κ1) is 28.5. The minimum atomic E-state index is -1.14. The molecule has 1 aromatic carbocycles. The summed E-state index contributed by atoms with van der Waals surface area (Å²) in [5, 5.41) is 17.5. The lowest BCUT2D eigenvalue weighted by molar-refractivity contribution is -0.0104. The summed E-state index contributed by atoms with van der Waals surface area (Å²) in [5.74, 6) is -0.0450. The molecule has 0 unspecified atom stereocenters. The Hall–Kier alpha value is -2.10. The number of nitrogens with one attached hydrogen (secondary N) is 3. The molecule has 0 aromatic heterocycles. The van der Waals surface area contributed by atoms with Crippen LogP contribution in [0.5, 0.6) is 0 Å². The molecule has 8 nitrogen and oxygen atoms in total. The number of likely N-dealkylation sites (tertiary alicyclic amines) is 1. The molecule has 202 valence electrons. The lowest BCUT2D eigenvalue weighted by atomic mass is 9.85. The van der Waals surface area contributed by atoms with Crippen LogP contribution in [0.15, 0.2) is 18.2 Å². The highest BCUT2D eigenvalue weighted by Gasteiger charge is 2.33. The first-order chi connectivity index (χ1) is 17.4. The van der Waals surface area contributed by atoms with E-state index in [1.807, 2.05) is 7.05 Å². The van der Waals surface area contributed by atoms with E-state index in [0.29, 0.717) is 24.6 Å². The van der Waals surface area contributed by atoms with Gasteiger partial charge in [0.2, 0.25) is 0 Å². The summed E-state index contributed by atoms with van der Waals surface area (Å²) in [6.45, 7) is 1.93. The maximum atomic E-state index is 15.0. The second kappa shape index (κ2) is 14.6. The molecule has 1 saturated heterocycles. The van der Waals surface area contributed by atoms with Crippen molar-refractivity contribution >= 4 is 23.7 Å². The molecule has 0 radical (unpaired) electrons. The molecule has 4 N–H and O–H groups in total. The van der Waals surface area contributed by atoms with Crippen molar-refractivity contribution in [1.82, 2.24) is 20.9 Å². The monoisotopic (exact) mass is 526 g/mol. The van der Waals surface area contributed by atoms with Gasteiger partial charge in [-0.05, 0) is 38.3 Å². The standard InChI is InChI=1S/C26H40ClFN4O4/c1-29-16-20(15-18-7-3-2-4-8-18)31-25(33)32-13-6-9-19(17-32)24(36-14-12-30-26(34)35)21-10-5-11-22(27)23(21)28/h5,10-11,18-20,24,29-30H,2-4,6-9,12-17H2,1H3,(H,31,33)(H,34,35)/t19-,20+,24-/m1/s1. The zero-order valence-corrected chi connectivity index (χ0v) is 21.9. The van der Waals surface area contributed by atoms with E-state index in [-0.39, 0.29) is 36.2 Å². The SMILES string of the molecule is CNC[C@H](CC1CCCCC1)NC(=O)N1CCC[C@@H]([C@@H](OCCNC(=O)O)c2cccc(Cl)c2F)C1. The quantitative estimate of drug-likeness (QED) is 0.311. The van der Waals surface area contributed by atoms with Gasteiger partial charge in [-0.25, -0.2) is 14.0 Å². The number of amides is 3. The van der Waals surface area contributed by atoms with Gasteiger partial charge in [-0.3, -0.25) is 0 Å². The summed E-state index contributed by atoms with van der Waals surface area (Å²) in [7, 11) is 1.90. The van der Waals surface area contributed by atoms with Crippen LogP contribution >= 0.6 is 11.6 Å². The van der Waals surface area contributed by atoms with Crippen LogP contribution in [0.1, 0.15) is 63.0 Å². The lowest BCUT2D eigenvalue weighted by Gasteiger charge is -2.38. The number of hydrogen-bond acceptors (Lipinski definition) is 4. The zero-order chi connectivity index (χ0) is 25.9. The van der Waals surface area contributed by atoms with Crippen molar-refractivity contribution in [2.24, 2.45) is 11.8 Å². The van der Waals surface area contributed by atoms with Gasteiger partial charge < -0.3 is 30.7 Å². The van der Waals surface area contributed by atoms with Crippen molar-refractivity contribution in [3.63, 3.8) is 0 Å². The minimum absolute atomic E-state index is 0.00721. The highest BCUT2D eigenvalue weighted by molar-refractivity contribution is 6.30. The third kappa shape index (κ3) is 8.49. The average Bonchev–Trinajstić information content (AvgIpc) is 2.87. The lowest BCUT2D eigenvalue weighted by Crippen LogP contribution is -2.52. The Balaban J connectivity index is 1.66. The van der Waals surface area contributed by atoms with E-state index >= 15 is 0 Å². The van der Waals surface area contributed by atoms with E-state index in [4.69, 9.17) is 21.4 Å². The molecule has 1 heterocycles. The van der Waals surface area contributed by atoms with Gasteiger partial charge in [0.05, 0.1) is 17.7 Å². The zero-order valence-electron chi connectivity index (χ0n) is 21.1. The molecular formula is C26H40ClFN4O4. The summed E-state index contributed by atoms with van der Waals surface area (Å²) in [4.78, 5) is 25.9. The number of carbonyl (C=O) groups is 2. The highest BCUT2D eigenvalue weighted by atomic mass is 35.5. The molecule has 3 atom stereocenters. The number of rotatable bonds is 11. The van der Waals surface area contributed by atoms with Crippen LogP contribution in [-0.2, 0) is 4.74 Å². The molecule has 2 fully saturated rings. The normalized spacial score (nSPS) is 20.5. The number of benzene rings is 1. The smallest absolute Gasteiger partial charge is 0.404 e. The van der Waals surface area contributed by atoms with Gasteiger partial charge in [0.25, 0.3) is 0 Å². The molecule has 36 heavy (non-hydrogen) atoms. The minimum Gasteiger partial charge on any atom is -0.465 e. The molecule has 3 amide bonds. The number of carbonyl (C=O) groups excluding carboxylic acids is 1. The number of urea groups is 1. The number of nitrogens with zero attached hydrogens (tertiary/aromatic N) is 1. The summed E-state index contributed by atoms with van der Waals surface area (Å²) in [6.07, 6.45) is 6.99. The number of hydrogen-bond donors (Lipinski definition) is 4. The molecule has 0 spiro atoms. The number of carboxylic acid groups (broad SMARTS) is 1. The van der Waals surface area contributed by atoms with Crippen molar-refractivity contribution in [3.8, 4) is 0 Å². The second-order valence-electron chi connectivity index (χ2n) is 9.96. The van der Waals surface area contributed by atoms with Gasteiger partial charge in [-0.2, -0.15) is 0 Å². The molecule has 1 aromatic rings. The Morgan fingerprint density at radius 3 is 2.72 bits per heavy atom. The van der Waals surface area contributed by atoms with E-state index in [1.165, 1.54) is 38.2 Å². The molecule has 1 aliphatic heterocycles. The van der Waals surface area contributed by atoms with Crippen LogP contribution in [0.25, 0.3) is 0 Å². The highest BCUT2D eigenvalue weighted by Crippen LogP contribution is 2.36. The predicted molar refractivity (Wildman–Crippen MR) is 138 cm³/mol. The maximum absolute atomic E-state index is 15.0. The Kier molecular flexibility index (Phi) is 11.5. The number of halogens is 2. The second-order valence-corrected chi connectivity index (χ2v) is 10.4. The summed E-state index contributed by atoms with van der Waals surface area (Å²) >= 11 is 6.04. The molecular weight excluding hydrogens is 487 g/mol. The van der Waals surface area contributed by atoms with Crippen LogP contribution in [0.4, 0.5) is 14.0 Å². The van der Waals surface area contributed by atoms with Crippen molar-refractivity contribution in [2.75, 3.05) is 39.8 Å². The van der Waals surface area contributed by atoms with Crippen molar-refractivity contribution in [3.05, 3.63) is 34.6 Å². The fourth-order valence-electron chi connectivity index (χ4n) is 5.54. The maximum Gasteiger partial charge on any atom is 0.404 e. The molecule has 2 aliphatic rings. The Morgan fingerprint density at radius 2 is 2.00 bits per heavy atom. The third-order valence-electron chi connectivity index (χ3n) is 7.26. The van der Waals surface area contributed by atoms with Crippen molar-refractivity contribution in [2.45, 2.75) is 63.5 Å². The Morgan fingerprint density at radius 1 is 1.22 bits per heavy atom. The number of piperidine rings is 1. The largest absolute Gasteiger partial charge is 0.465 e. The predicted octanol–water partition coefficient (Wildman–Crippen LogP) is 4.78. The summed E-state index contributed by atoms with van der Waals surface area (Å²) < 4.78 is 21.0. The van der Waals surface area contributed by atoms with Gasteiger partial charge in [0.1, 0.15) is 5.82 Å². The van der Waals surface area contributed by atoms with Crippen LogP contribution in [0.3, 0.4) is 0 Å². The molecule has 1 aliphatic carbocycles. The molecule has 0 bridgehead atoms. The number of likely N-dealkylation sites (N-methyl/N-ethyl adjacent to an activating group) is 1. The Bertz CT molecular complexity index is 855. The first-order valence-electron chi connectivity index (χ1n) is 13.1. The summed E-state index contributed by atoms with van der Waals surface area (Å²) in [5.41, 5.74) is 0.329. The third-order valence-corrected chi connectivity index (χ3v) is 7.55. The average molecular weight is 527 g/mol. The molecule has 3 rings (SSSR count). The summed E-state index contributed by atoms with van der Waals surface area (Å²) in [6, 6.07) is 4.76. The van der Waals surface area contributed by atoms with Gasteiger partial charge in [-0.15, -0.1) is 0 Å². The van der Waals surface area contributed by atoms with E-state index in [2.05, 4.69) is 16.0 Å². The fourth-order valence-corrected chi connectivity index (χ4v) is 5.72. The van der Waals surface area contributed by atoms with E-state index < -0.39 is 18.0 Å². The van der Waals surface area contributed by atoms with Crippen LogP contribution < -0.4 is 16.0 Å². The van der Waals surface area contributed by atoms with Gasteiger partial charge in [0.15, 0.2) is 0 Å². The molecule has 10 heteroatoms. The van der Waals surface area contributed by atoms with Crippen molar-refractivity contribution in [1.29, 1.82) is 0 Å². The van der Waals surface area contributed by atoms with Gasteiger partial charge in [-0.1, -0.05) is 55.8 Å². The van der Waals surface area contributed by atoms with Crippen molar-refractivity contribution < 1.29 is 23.8 Å². The first-order valence-corrected chi connectivity index (χ1v) is 13.5. The van der Waals surface area contributed by atoms with E-state index in [9.17, 15) is 14.0 Å². The van der Waals surface area contributed by atoms with Crippen LogP contribution in [-0.4, -0.2) is 68.0 Å². The van der Waals surface area contributed by atoms with Crippen LogP contribution in [0, 0.1) is 17.7 Å². The van der Waals surface area contributed by atoms with E-state index in [1.54, 1.807) is 17.0 Å². The molecule has 1 saturated carbocycles. The number of ether oxygens (including phenoxy) is 1. The Labute approximate surface area is 218 Å².